The number of sulfonamides is 1. The fraction of sp³-hybridized carbons (Fsp3) is 0.909. The number of nitrogens with one attached hydrogen (secondary N) is 1. The molecule has 1 aliphatic rings. The lowest BCUT2D eigenvalue weighted by atomic mass is 9.98. The summed E-state index contributed by atoms with van der Waals surface area (Å²) in [5.41, 5.74) is 0. The maximum atomic E-state index is 11.8. The normalized spacial score (nSPS) is 21.0. The van der Waals surface area contributed by atoms with Gasteiger partial charge in [-0.3, -0.25) is 4.79 Å². The summed E-state index contributed by atoms with van der Waals surface area (Å²) in [5.74, 6) is 0.236. The van der Waals surface area contributed by atoms with Crippen LogP contribution in [0.2, 0.25) is 0 Å². The van der Waals surface area contributed by atoms with Crippen LogP contribution in [0.3, 0.4) is 0 Å². The molecular weight excluding hydrogens is 256 g/mol. The van der Waals surface area contributed by atoms with E-state index in [2.05, 4.69) is 4.72 Å². The minimum Gasteiger partial charge on any atom is -0.396 e. The van der Waals surface area contributed by atoms with Crippen molar-refractivity contribution in [2.75, 3.05) is 32.5 Å². The van der Waals surface area contributed by atoms with Crippen LogP contribution in [0.5, 0.6) is 0 Å². The fourth-order valence-corrected chi connectivity index (χ4v) is 2.65. The molecule has 0 radical (unpaired) electrons. The second-order valence-corrected chi connectivity index (χ2v) is 6.63. The monoisotopic (exact) mass is 278 g/mol. The molecule has 1 unspecified atom stereocenters. The largest absolute Gasteiger partial charge is 0.396 e. The van der Waals surface area contributed by atoms with E-state index in [0.29, 0.717) is 25.9 Å². The van der Waals surface area contributed by atoms with Gasteiger partial charge in [0.1, 0.15) is 0 Å². The van der Waals surface area contributed by atoms with Crippen LogP contribution in [0, 0.1) is 5.92 Å². The van der Waals surface area contributed by atoms with E-state index >= 15 is 0 Å². The second-order valence-electron chi connectivity index (χ2n) is 4.80. The Hall–Kier alpha value is -0.660. The van der Waals surface area contributed by atoms with Crippen LogP contribution < -0.4 is 4.72 Å². The molecule has 2 N–H and O–H groups in total. The van der Waals surface area contributed by atoms with Gasteiger partial charge in [0, 0.05) is 32.7 Å². The van der Waals surface area contributed by atoms with E-state index in [1.807, 2.05) is 0 Å². The maximum Gasteiger partial charge on any atom is 0.222 e. The minimum absolute atomic E-state index is 0.0264. The van der Waals surface area contributed by atoms with Crippen molar-refractivity contribution in [1.82, 2.24) is 9.62 Å². The first-order valence-corrected chi connectivity index (χ1v) is 8.15. The molecule has 0 aromatic carbocycles. The van der Waals surface area contributed by atoms with Crippen LogP contribution in [0.4, 0.5) is 0 Å². The van der Waals surface area contributed by atoms with Crippen molar-refractivity contribution in [2.45, 2.75) is 25.7 Å². The quantitative estimate of drug-likeness (QED) is 0.689. The second kappa shape index (κ2) is 7.06. The van der Waals surface area contributed by atoms with E-state index in [9.17, 15) is 13.2 Å². The van der Waals surface area contributed by atoms with Gasteiger partial charge in [0.15, 0.2) is 0 Å². The van der Waals surface area contributed by atoms with Gasteiger partial charge in [-0.05, 0) is 25.2 Å². The highest BCUT2D eigenvalue weighted by Gasteiger charge is 2.23. The molecule has 0 saturated carbocycles. The molecule has 1 fully saturated rings. The van der Waals surface area contributed by atoms with Crippen molar-refractivity contribution in [3.05, 3.63) is 0 Å². The van der Waals surface area contributed by atoms with Gasteiger partial charge >= 0.3 is 0 Å². The zero-order chi connectivity index (χ0) is 13.6. The first kappa shape index (κ1) is 15.4. The van der Waals surface area contributed by atoms with E-state index in [-0.39, 0.29) is 18.4 Å². The van der Waals surface area contributed by atoms with Crippen molar-refractivity contribution in [3.63, 3.8) is 0 Å². The lowest BCUT2D eigenvalue weighted by Gasteiger charge is -2.32. The predicted octanol–water partition coefficient (Wildman–Crippen LogP) is -0.453. The molecule has 0 aromatic heterocycles. The molecule has 6 nitrogen and oxygen atoms in total. The number of hydrogen-bond donors (Lipinski definition) is 2. The Morgan fingerprint density at radius 3 is 2.83 bits per heavy atom. The highest BCUT2D eigenvalue weighted by atomic mass is 32.2. The number of carbonyl (C=O) groups excluding carboxylic acids is 1. The molecular formula is C11H22N2O4S. The predicted molar refractivity (Wildman–Crippen MR) is 68.5 cm³/mol. The third kappa shape index (κ3) is 5.79. The van der Waals surface area contributed by atoms with Crippen molar-refractivity contribution >= 4 is 15.9 Å². The smallest absolute Gasteiger partial charge is 0.222 e. The summed E-state index contributed by atoms with van der Waals surface area (Å²) < 4.78 is 24.5. The summed E-state index contributed by atoms with van der Waals surface area (Å²) in [6.07, 6.45) is 3.83. The number of nitrogens with zero attached hydrogens (tertiary/aromatic N) is 1. The molecule has 0 spiro atoms. The number of hydrogen-bond acceptors (Lipinski definition) is 4. The van der Waals surface area contributed by atoms with Crippen molar-refractivity contribution in [3.8, 4) is 0 Å². The molecule has 1 heterocycles. The first-order chi connectivity index (χ1) is 8.42. The Bertz CT molecular complexity index is 369. The van der Waals surface area contributed by atoms with E-state index < -0.39 is 10.0 Å². The SMILES string of the molecule is CS(=O)(=O)NCC1CCCN(C(=O)CCCO)C1. The summed E-state index contributed by atoms with van der Waals surface area (Å²) in [5, 5.41) is 8.69. The van der Waals surface area contributed by atoms with Gasteiger partial charge in [-0.25, -0.2) is 13.1 Å². The average Bonchev–Trinajstić information content (AvgIpc) is 2.33. The van der Waals surface area contributed by atoms with Crippen LogP contribution in [0.15, 0.2) is 0 Å². The van der Waals surface area contributed by atoms with Crippen LogP contribution in [0.25, 0.3) is 0 Å². The Balaban J connectivity index is 2.38. The Morgan fingerprint density at radius 1 is 1.50 bits per heavy atom. The first-order valence-electron chi connectivity index (χ1n) is 6.25. The molecule has 1 aliphatic heterocycles. The van der Waals surface area contributed by atoms with Gasteiger partial charge in [-0.15, -0.1) is 0 Å². The van der Waals surface area contributed by atoms with Gasteiger partial charge in [-0.1, -0.05) is 0 Å². The molecule has 106 valence electrons. The van der Waals surface area contributed by atoms with Crippen LogP contribution in [-0.4, -0.2) is 56.8 Å². The third-order valence-corrected chi connectivity index (χ3v) is 3.75. The molecule has 1 rings (SSSR count). The minimum atomic E-state index is -3.16. The molecule has 1 atom stereocenters. The molecule has 0 bridgehead atoms. The maximum absolute atomic E-state index is 11.8. The number of likely N-dealkylation sites (tertiary alicyclic amines) is 1. The summed E-state index contributed by atoms with van der Waals surface area (Å²) in [6.45, 7) is 1.76. The van der Waals surface area contributed by atoms with Crippen LogP contribution in [0.1, 0.15) is 25.7 Å². The van der Waals surface area contributed by atoms with Crippen molar-refractivity contribution in [1.29, 1.82) is 0 Å². The van der Waals surface area contributed by atoms with E-state index in [4.69, 9.17) is 5.11 Å². The Morgan fingerprint density at radius 2 is 2.22 bits per heavy atom. The molecule has 7 heteroatoms. The molecule has 18 heavy (non-hydrogen) atoms. The Labute approximate surface area is 108 Å². The summed E-state index contributed by atoms with van der Waals surface area (Å²) in [4.78, 5) is 13.6. The zero-order valence-electron chi connectivity index (χ0n) is 10.8. The van der Waals surface area contributed by atoms with Crippen molar-refractivity contribution < 1.29 is 18.3 Å². The van der Waals surface area contributed by atoms with Crippen LogP contribution in [-0.2, 0) is 14.8 Å². The highest BCUT2D eigenvalue weighted by molar-refractivity contribution is 7.88. The zero-order valence-corrected chi connectivity index (χ0v) is 11.6. The van der Waals surface area contributed by atoms with Gasteiger partial charge in [-0.2, -0.15) is 0 Å². The lowest BCUT2D eigenvalue weighted by Crippen LogP contribution is -2.43. The van der Waals surface area contributed by atoms with E-state index in [0.717, 1.165) is 25.6 Å². The summed E-state index contributed by atoms with van der Waals surface area (Å²) in [6, 6.07) is 0. The summed E-state index contributed by atoms with van der Waals surface area (Å²) in [7, 11) is -3.16. The highest BCUT2D eigenvalue weighted by Crippen LogP contribution is 2.17. The van der Waals surface area contributed by atoms with Gasteiger partial charge in [0.05, 0.1) is 6.26 Å². The lowest BCUT2D eigenvalue weighted by molar-refractivity contribution is -0.133. The molecule has 1 saturated heterocycles. The van der Waals surface area contributed by atoms with Gasteiger partial charge in [0.25, 0.3) is 0 Å². The summed E-state index contributed by atoms with van der Waals surface area (Å²) >= 11 is 0. The van der Waals surface area contributed by atoms with E-state index in [1.54, 1.807) is 4.90 Å². The van der Waals surface area contributed by atoms with Gasteiger partial charge < -0.3 is 10.0 Å². The number of piperidine rings is 1. The van der Waals surface area contributed by atoms with Crippen LogP contribution >= 0.6 is 0 Å². The number of aliphatic hydroxyl groups excluding tert-OH is 1. The Kier molecular flexibility index (Phi) is 6.04. The molecule has 1 amide bonds. The standard InChI is InChI=1S/C11H22N2O4S/c1-18(16,17)12-8-10-4-2-6-13(9-10)11(15)5-3-7-14/h10,12,14H,2-9H2,1H3. The topological polar surface area (TPSA) is 86.7 Å². The van der Waals surface area contributed by atoms with Gasteiger partial charge in [0.2, 0.25) is 15.9 Å². The number of rotatable bonds is 6. The average molecular weight is 278 g/mol. The number of carbonyl (C=O) groups is 1. The number of aliphatic hydroxyl groups is 1. The van der Waals surface area contributed by atoms with E-state index in [1.165, 1.54) is 0 Å². The molecule has 0 aromatic rings. The van der Waals surface area contributed by atoms with Crippen molar-refractivity contribution in [2.24, 2.45) is 5.92 Å². The fourth-order valence-electron chi connectivity index (χ4n) is 2.12. The molecule has 0 aliphatic carbocycles. The third-order valence-electron chi connectivity index (χ3n) is 3.05. The number of amides is 1.